The Morgan fingerprint density at radius 3 is 2.61 bits per heavy atom. The first-order valence-corrected chi connectivity index (χ1v) is 5.77. The number of carboxylic acids is 1. The molecule has 0 saturated carbocycles. The van der Waals surface area contributed by atoms with Gasteiger partial charge < -0.3 is 15.1 Å². The van der Waals surface area contributed by atoms with Gasteiger partial charge in [-0.05, 0) is 23.6 Å². The molecule has 1 atom stereocenters. The Kier molecular flexibility index (Phi) is 2.98. The van der Waals surface area contributed by atoms with Crippen LogP contribution >= 0.6 is 0 Å². The standard InChI is InChI=1S/C13H15NO4/c1-7(2)11(13(17)18)14-6-8-3-4-9(15)5-10(8)12(14)16/h3-5,7,11,15H,6H2,1-2H3,(H,17,18)/t11-/m0/s1. The Morgan fingerprint density at radius 2 is 2.06 bits per heavy atom. The number of aliphatic carboxylic acids is 1. The Balaban J connectivity index is 2.36. The molecule has 1 amide bonds. The number of nitrogens with zero attached hydrogens (tertiary/aromatic N) is 1. The van der Waals surface area contributed by atoms with E-state index in [2.05, 4.69) is 0 Å². The van der Waals surface area contributed by atoms with E-state index in [4.69, 9.17) is 0 Å². The summed E-state index contributed by atoms with van der Waals surface area (Å²) < 4.78 is 0. The van der Waals surface area contributed by atoms with Crippen LogP contribution in [0.1, 0.15) is 29.8 Å². The first-order valence-electron chi connectivity index (χ1n) is 5.77. The van der Waals surface area contributed by atoms with E-state index in [1.54, 1.807) is 19.9 Å². The Hall–Kier alpha value is -2.04. The van der Waals surface area contributed by atoms with Crippen molar-refractivity contribution in [1.82, 2.24) is 4.90 Å². The highest BCUT2D eigenvalue weighted by molar-refractivity contribution is 6.00. The number of phenolic OH excluding ortho intramolecular Hbond substituents is 1. The van der Waals surface area contributed by atoms with E-state index in [9.17, 15) is 19.8 Å². The van der Waals surface area contributed by atoms with Gasteiger partial charge in [0.1, 0.15) is 11.8 Å². The lowest BCUT2D eigenvalue weighted by Gasteiger charge is -2.27. The van der Waals surface area contributed by atoms with Gasteiger partial charge in [0, 0.05) is 12.1 Å². The summed E-state index contributed by atoms with van der Waals surface area (Å²) in [5.41, 5.74) is 1.15. The molecule has 2 N–H and O–H groups in total. The molecule has 0 aromatic heterocycles. The fourth-order valence-corrected chi connectivity index (χ4v) is 2.31. The quantitative estimate of drug-likeness (QED) is 0.850. The second-order valence-corrected chi connectivity index (χ2v) is 4.80. The third kappa shape index (κ3) is 1.92. The maximum atomic E-state index is 12.2. The number of phenols is 1. The summed E-state index contributed by atoms with van der Waals surface area (Å²) in [4.78, 5) is 24.7. The Bertz CT molecular complexity index is 510. The Labute approximate surface area is 105 Å². The predicted octanol–water partition coefficient (Wildman–Crippen LogP) is 1.46. The van der Waals surface area contributed by atoms with Crippen LogP contribution in [0.25, 0.3) is 0 Å². The molecule has 96 valence electrons. The van der Waals surface area contributed by atoms with Gasteiger partial charge in [-0.25, -0.2) is 4.79 Å². The number of benzene rings is 1. The number of fused-ring (bicyclic) bond motifs is 1. The van der Waals surface area contributed by atoms with Crippen molar-refractivity contribution in [2.24, 2.45) is 5.92 Å². The van der Waals surface area contributed by atoms with Crippen LogP contribution in [0.2, 0.25) is 0 Å². The van der Waals surface area contributed by atoms with Crippen LogP contribution in [0.15, 0.2) is 18.2 Å². The molecule has 0 bridgehead atoms. The zero-order chi connectivity index (χ0) is 13.4. The van der Waals surface area contributed by atoms with Gasteiger partial charge in [-0.1, -0.05) is 19.9 Å². The smallest absolute Gasteiger partial charge is 0.326 e. The molecule has 5 heteroatoms. The van der Waals surface area contributed by atoms with Crippen LogP contribution in [0.3, 0.4) is 0 Å². The van der Waals surface area contributed by atoms with Crippen molar-refractivity contribution in [3.8, 4) is 5.75 Å². The van der Waals surface area contributed by atoms with E-state index in [0.29, 0.717) is 5.56 Å². The number of carboxylic acid groups (broad SMARTS) is 1. The van der Waals surface area contributed by atoms with Crippen molar-refractivity contribution in [2.75, 3.05) is 0 Å². The number of amides is 1. The number of hydrogen-bond donors (Lipinski definition) is 2. The van der Waals surface area contributed by atoms with E-state index in [1.165, 1.54) is 17.0 Å². The maximum Gasteiger partial charge on any atom is 0.326 e. The fourth-order valence-electron chi connectivity index (χ4n) is 2.31. The molecule has 1 heterocycles. The van der Waals surface area contributed by atoms with Crippen molar-refractivity contribution in [3.63, 3.8) is 0 Å². The zero-order valence-electron chi connectivity index (χ0n) is 10.3. The molecule has 1 aliphatic heterocycles. The molecule has 0 fully saturated rings. The normalized spacial score (nSPS) is 15.9. The lowest BCUT2D eigenvalue weighted by molar-refractivity contribution is -0.144. The molecule has 0 radical (unpaired) electrons. The molecule has 1 aromatic rings. The maximum absolute atomic E-state index is 12.2. The van der Waals surface area contributed by atoms with Crippen LogP contribution in [-0.4, -0.2) is 33.0 Å². The summed E-state index contributed by atoms with van der Waals surface area (Å²) in [5.74, 6) is -1.49. The van der Waals surface area contributed by atoms with E-state index in [1.807, 2.05) is 0 Å². The molecule has 5 nitrogen and oxygen atoms in total. The zero-order valence-corrected chi connectivity index (χ0v) is 10.3. The molecule has 18 heavy (non-hydrogen) atoms. The van der Waals surface area contributed by atoms with Gasteiger partial charge in [0.05, 0.1) is 0 Å². The topological polar surface area (TPSA) is 77.8 Å². The minimum atomic E-state index is -1.00. The highest BCUT2D eigenvalue weighted by atomic mass is 16.4. The van der Waals surface area contributed by atoms with Crippen LogP contribution in [0.5, 0.6) is 5.75 Å². The lowest BCUT2D eigenvalue weighted by atomic mass is 10.0. The average Bonchev–Trinajstić information content (AvgIpc) is 2.56. The van der Waals surface area contributed by atoms with Crippen molar-refractivity contribution in [2.45, 2.75) is 26.4 Å². The van der Waals surface area contributed by atoms with Crippen LogP contribution in [-0.2, 0) is 11.3 Å². The molecule has 1 aliphatic rings. The first-order chi connectivity index (χ1) is 8.41. The number of carbonyl (C=O) groups is 2. The molecule has 0 saturated heterocycles. The highest BCUT2D eigenvalue weighted by Gasteiger charge is 2.38. The van der Waals surface area contributed by atoms with E-state index in [0.717, 1.165) is 5.56 Å². The molecule has 0 unspecified atom stereocenters. The lowest BCUT2D eigenvalue weighted by Crippen LogP contribution is -2.44. The van der Waals surface area contributed by atoms with Crippen molar-refractivity contribution >= 4 is 11.9 Å². The van der Waals surface area contributed by atoms with Gasteiger partial charge >= 0.3 is 5.97 Å². The van der Waals surface area contributed by atoms with Crippen molar-refractivity contribution in [1.29, 1.82) is 0 Å². The van der Waals surface area contributed by atoms with E-state index >= 15 is 0 Å². The number of rotatable bonds is 3. The summed E-state index contributed by atoms with van der Waals surface area (Å²) in [6.45, 7) is 3.82. The third-order valence-electron chi connectivity index (χ3n) is 3.15. The first kappa shape index (κ1) is 12.4. The van der Waals surface area contributed by atoms with Gasteiger partial charge in [0.2, 0.25) is 0 Å². The third-order valence-corrected chi connectivity index (χ3v) is 3.15. The van der Waals surface area contributed by atoms with Crippen LogP contribution < -0.4 is 0 Å². The highest BCUT2D eigenvalue weighted by Crippen LogP contribution is 2.29. The van der Waals surface area contributed by atoms with E-state index in [-0.39, 0.29) is 24.1 Å². The molecule has 0 spiro atoms. The SMILES string of the molecule is CC(C)[C@@H](C(=O)O)N1Cc2ccc(O)cc2C1=O. The number of carbonyl (C=O) groups excluding carboxylic acids is 1. The number of aromatic hydroxyl groups is 1. The molecular weight excluding hydrogens is 234 g/mol. The van der Waals surface area contributed by atoms with Gasteiger partial charge in [0.15, 0.2) is 0 Å². The summed E-state index contributed by atoms with van der Waals surface area (Å²) in [6.07, 6.45) is 0. The molecule has 2 rings (SSSR count). The minimum Gasteiger partial charge on any atom is -0.508 e. The number of hydrogen-bond acceptors (Lipinski definition) is 3. The summed E-state index contributed by atoms with van der Waals surface area (Å²) in [5, 5.41) is 18.6. The monoisotopic (exact) mass is 249 g/mol. The van der Waals surface area contributed by atoms with Crippen LogP contribution in [0.4, 0.5) is 0 Å². The second-order valence-electron chi connectivity index (χ2n) is 4.80. The van der Waals surface area contributed by atoms with E-state index < -0.39 is 12.0 Å². The minimum absolute atomic E-state index is 0.0142. The van der Waals surface area contributed by atoms with Crippen molar-refractivity contribution < 1.29 is 19.8 Å². The predicted molar refractivity (Wildman–Crippen MR) is 64.2 cm³/mol. The van der Waals surface area contributed by atoms with Gasteiger partial charge in [-0.2, -0.15) is 0 Å². The summed E-state index contributed by atoms with van der Waals surface area (Å²) >= 11 is 0. The van der Waals surface area contributed by atoms with Crippen LogP contribution in [0, 0.1) is 5.92 Å². The largest absolute Gasteiger partial charge is 0.508 e. The molecular formula is C13H15NO4. The summed E-state index contributed by atoms with van der Waals surface area (Å²) in [7, 11) is 0. The molecule has 1 aromatic carbocycles. The molecule has 0 aliphatic carbocycles. The van der Waals surface area contributed by atoms with Gasteiger partial charge in [-0.15, -0.1) is 0 Å². The Morgan fingerprint density at radius 1 is 1.39 bits per heavy atom. The average molecular weight is 249 g/mol. The fraction of sp³-hybridized carbons (Fsp3) is 0.385. The second kappa shape index (κ2) is 4.33. The summed E-state index contributed by atoms with van der Waals surface area (Å²) in [6, 6.07) is 3.70. The van der Waals surface area contributed by atoms with Gasteiger partial charge in [-0.3, -0.25) is 4.79 Å². The van der Waals surface area contributed by atoms with Crippen molar-refractivity contribution in [3.05, 3.63) is 29.3 Å². The van der Waals surface area contributed by atoms with Gasteiger partial charge in [0.25, 0.3) is 5.91 Å².